The molecule has 0 unspecified atom stereocenters. The number of nitrogens with one attached hydrogen (secondary N) is 2. The van der Waals surface area contributed by atoms with E-state index < -0.39 is 30.1 Å². The third-order valence-electron chi connectivity index (χ3n) is 4.81. The van der Waals surface area contributed by atoms with E-state index in [-0.39, 0.29) is 13.0 Å². The van der Waals surface area contributed by atoms with E-state index >= 15 is 0 Å². The van der Waals surface area contributed by atoms with Crippen LogP contribution in [0.25, 0.3) is 0 Å². The monoisotopic (exact) mass is 438 g/mol. The van der Waals surface area contributed by atoms with Gasteiger partial charge in [0.05, 0.1) is 7.11 Å². The molecular formula is C25H30N2O5. The molecule has 0 heterocycles. The molecule has 2 aromatic carbocycles. The molecular weight excluding hydrogens is 408 g/mol. The molecule has 0 aliphatic carbocycles. The number of rotatable bonds is 12. The zero-order valence-corrected chi connectivity index (χ0v) is 18.3. The van der Waals surface area contributed by atoms with E-state index in [2.05, 4.69) is 17.2 Å². The molecule has 7 nitrogen and oxygen atoms in total. The lowest BCUT2D eigenvalue weighted by Gasteiger charge is -2.22. The molecule has 0 aliphatic heterocycles. The van der Waals surface area contributed by atoms with Crippen LogP contribution in [0.15, 0.2) is 73.3 Å². The van der Waals surface area contributed by atoms with Crippen LogP contribution in [0.1, 0.15) is 30.4 Å². The van der Waals surface area contributed by atoms with E-state index in [4.69, 9.17) is 9.47 Å². The Labute approximate surface area is 188 Å². The molecule has 32 heavy (non-hydrogen) atoms. The van der Waals surface area contributed by atoms with Gasteiger partial charge in [-0.15, -0.1) is 6.58 Å². The third kappa shape index (κ3) is 8.63. The van der Waals surface area contributed by atoms with Crippen LogP contribution in [-0.2, 0) is 32.1 Å². The Balaban J connectivity index is 2.06. The van der Waals surface area contributed by atoms with Gasteiger partial charge >= 0.3 is 12.1 Å². The van der Waals surface area contributed by atoms with E-state index in [1.165, 1.54) is 7.11 Å². The number of amides is 2. The Bertz CT molecular complexity index is 870. The van der Waals surface area contributed by atoms with Gasteiger partial charge in [0.1, 0.15) is 18.7 Å². The van der Waals surface area contributed by atoms with Gasteiger partial charge in [0.25, 0.3) is 0 Å². The molecule has 0 aromatic heterocycles. The molecule has 2 atom stereocenters. The average molecular weight is 439 g/mol. The quantitative estimate of drug-likeness (QED) is 0.300. The molecule has 2 amide bonds. The smallest absolute Gasteiger partial charge is 0.408 e. The number of ether oxygens (including phenoxy) is 2. The van der Waals surface area contributed by atoms with Crippen molar-refractivity contribution in [3.63, 3.8) is 0 Å². The number of esters is 1. The Morgan fingerprint density at radius 2 is 1.56 bits per heavy atom. The standard InChI is InChI=1S/C25H30N2O5/c1-3-4-7-16-21(24(29)31-2)26-23(28)22(17-19-12-8-5-9-13-19)27-25(30)32-18-20-14-10-6-11-15-20/h3,5-6,8-15,21-22H,1,4,7,16-18H2,2H3,(H,26,28)(H,27,30)/t21-,22-/m1/s1. The van der Waals surface area contributed by atoms with Crippen molar-refractivity contribution < 1.29 is 23.9 Å². The van der Waals surface area contributed by atoms with Crippen molar-refractivity contribution in [3.8, 4) is 0 Å². The lowest BCUT2D eigenvalue weighted by molar-refractivity contribution is -0.145. The van der Waals surface area contributed by atoms with Gasteiger partial charge in [-0.2, -0.15) is 0 Å². The summed E-state index contributed by atoms with van der Waals surface area (Å²) in [6.45, 7) is 3.75. The number of carbonyl (C=O) groups excluding carboxylic acids is 3. The average Bonchev–Trinajstić information content (AvgIpc) is 2.82. The fourth-order valence-electron chi connectivity index (χ4n) is 3.10. The first-order valence-corrected chi connectivity index (χ1v) is 10.5. The molecule has 2 N–H and O–H groups in total. The molecule has 0 spiro atoms. The number of carbonyl (C=O) groups is 3. The van der Waals surface area contributed by atoms with E-state index in [1.54, 1.807) is 6.08 Å². The van der Waals surface area contributed by atoms with Crippen LogP contribution in [-0.4, -0.2) is 37.2 Å². The Kier molecular flexibility index (Phi) is 10.5. The molecule has 0 saturated carbocycles. The summed E-state index contributed by atoms with van der Waals surface area (Å²) in [4.78, 5) is 37.5. The maximum Gasteiger partial charge on any atom is 0.408 e. The molecule has 7 heteroatoms. The predicted molar refractivity (Wildman–Crippen MR) is 122 cm³/mol. The largest absolute Gasteiger partial charge is 0.467 e. The first-order chi connectivity index (χ1) is 15.5. The van der Waals surface area contributed by atoms with Crippen LogP contribution in [0.4, 0.5) is 4.79 Å². The van der Waals surface area contributed by atoms with Gasteiger partial charge in [-0.05, 0) is 30.4 Å². The number of methoxy groups -OCH3 is 1. The van der Waals surface area contributed by atoms with Crippen molar-refractivity contribution in [2.45, 2.75) is 44.4 Å². The highest BCUT2D eigenvalue weighted by molar-refractivity contribution is 5.89. The summed E-state index contributed by atoms with van der Waals surface area (Å²) >= 11 is 0. The fourth-order valence-corrected chi connectivity index (χ4v) is 3.10. The third-order valence-corrected chi connectivity index (χ3v) is 4.81. The van der Waals surface area contributed by atoms with Crippen LogP contribution in [0, 0.1) is 0 Å². The number of alkyl carbamates (subject to hydrolysis) is 1. The van der Waals surface area contributed by atoms with Crippen molar-refractivity contribution >= 4 is 18.0 Å². The Hall–Kier alpha value is -3.61. The summed E-state index contributed by atoms with van der Waals surface area (Å²) < 4.78 is 10.1. The topological polar surface area (TPSA) is 93.7 Å². The van der Waals surface area contributed by atoms with E-state index in [9.17, 15) is 14.4 Å². The summed E-state index contributed by atoms with van der Waals surface area (Å²) in [5, 5.41) is 5.33. The summed E-state index contributed by atoms with van der Waals surface area (Å²) in [5.41, 5.74) is 1.69. The Morgan fingerprint density at radius 1 is 0.938 bits per heavy atom. The molecule has 170 valence electrons. The van der Waals surface area contributed by atoms with Crippen molar-refractivity contribution in [2.75, 3.05) is 7.11 Å². The predicted octanol–water partition coefficient (Wildman–Crippen LogP) is 3.54. The van der Waals surface area contributed by atoms with Gasteiger partial charge in [-0.3, -0.25) is 4.79 Å². The molecule has 0 bridgehead atoms. The number of allylic oxidation sites excluding steroid dienone is 1. The van der Waals surface area contributed by atoms with Crippen LogP contribution in [0.5, 0.6) is 0 Å². The fraction of sp³-hybridized carbons (Fsp3) is 0.320. The van der Waals surface area contributed by atoms with Crippen LogP contribution in [0.3, 0.4) is 0 Å². The van der Waals surface area contributed by atoms with Crippen molar-refractivity contribution in [1.82, 2.24) is 10.6 Å². The van der Waals surface area contributed by atoms with Gasteiger partial charge in [0, 0.05) is 6.42 Å². The minimum atomic E-state index is -0.924. The molecule has 0 aliphatic rings. The van der Waals surface area contributed by atoms with Crippen molar-refractivity contribution in [1.29, 1.82) is 0 Å². The first kappa shape index (κ1) is 24.7. The van der Waals surface area contributed by atoms with Gasteiger partial charge < -0.3 is 20.1 Å². The zero-order valence-electron chi connectivity index (χ0n) is 18.3. The van der Waals surface area contributed by atoms with Crippen LogP contribution in [0.2, 0.25) is 0 Å². The molecule has 0 fully saturated rings. The van der Waals surface area contributed by atoms with Crippen molar-refractivity contribution in [2.24, 2.45) is 0 Å². The lowest BCUT2D eigenvalue weighted by atomic mass is 10.0. The second kappa shape index (κ2) is 13.6. The minimum Gasteiger partial charge on any atom is -0.467 e. The number of hydrogen-bond acceptors (Lipinski definition) is 5. The zero-order chi connectivity index (χ0) is 23.2. The molecule has 2 rings (SSSR count). The van der Waals surface area contributed by atoms with Gasteiger partial charge in [-0.1, -0.05) is 66.7 Å². The van der Waals surface area contributed by atoms with Gasteiger partial charge in [0.2, 0.25) is 5.91 Å². The minimum absolute atomic E-state index is 0.0820. The van der Waals surface area contributed by atoms with Gasteiger partial charge in [-0.25, -0.2) is 9.59 Å². The van der Waals surface area contributed by atoms with Crippen LogP contribution < -0.4 is 10.6 Å². The second-order valence-electron chi connectivity index (χ2n) is 7.25. The molecule has 0 radical (unpaired) electrons. The van der Waals surface area contributed by atoms with E-state index in [0.29, 0.717) is 19.3 Å². The number of unbranched alkanes of at least 4 members (excludes halogenated alkanes) is 1. The molecule has 2 aromatic rings. The number of benzene rings is 2. The maximum absolute atomic E-state index is 13.0. The second-order valence-corrected chi connectivity index (χ2v) is 7.25. The summed E-state index contributed by atoms with van der Waals surface area (Å²) in [6, 6.07) is 16.8. The highest BCUT2D eigenvalue weighted by atomic mass is 16.5. The van der Waals surface area contributed by atoms with E-state index in [1.807, 2.05) is 60.7 Å². The number of hydrogen-bond donors (Lipinski definition) is 2. The normalized spacial score (nSPS) is 12.2. The summed E-state index contributed by atoms with van der Waals surface area (Å²) in [6.07, 6.45) is 3.05. The maximum atomic E-state index is 13.0. The summed E-state index contributed by atoms with van der Waals surface area (Å²) in [7, 11) is 1.27. The Morgan fingerprint density at radius 3 is 2.16 bits per heavy atom. The first-order valence-electron chi connectivity index (χ1n) is 10.5. The molecule has 0 saturated heterocycles. The summed E-state index contributed by atoms with van der Waals surface area (Å²) in [5.74, 6) is -1.02. The lowest BCUT2D eigenvalue weighted by Crippen LogP contribution is -2.52. The van der Waals surface area contributed by atoms with E-state index in [0.717, 1.165) is 11.1 Å². The highest BCUT2D eigenvalue weighted by Crippen LogP contribution is 2.08. The van der Waals surface area contributed by atoms with Crippen molar-refractivity contribution in [3.05, 3.63) is 84.4 Å². The van der Waals surface area contributed by atoms with Crippen LogP contribution >= 0.6 is 0 Å². The highest BCUT2D eigenvalue weighted by Gasteiger charge is 2.27. The van der Waals surface area contributed by atoms with Gasteiger partial charge in [0.15, 0.2) is 0 Å². The SMILES string of the molecule is C=CCCC[C@@H](NC(=O)[C@@H](Cc1ccccc1)NC(=O)OCc1ccccc1)C(=O)OC.